The van der Waals surface area contributed by atoms with E-state index in [0.717, 1.165) is 12.1 Å². The molecule has 0 aliphatic carbocycles. The van der Waals surface area contributed by atoms with Gasteiger partial charge in [0.15, 0.2) is 5.13 Å². The maximum atomic E-state index is 13.8. The van der Waals surface area contributed by atoms with Crippen LogP contribution in [0.1, 0.15) is 11.1 Å². The second kappa shape index (κ2) is 7.53. The highest BCUT2D eigenvalue weighted by Crippen LogP contribution is 2.31. The Bertz CT molecular complexity index is 1180. The highest BCUT2D eigenvalue weighted by Gasteiger charge is 2.27. The molecule has 0 spiro atoms. The Hall–Kier alpha value is -2.85. The average molecular weight is 435 g/mol. The predicted molar refractivity (Wildman–Crippen MR) is 105 cm³/mol. The summed E-state index contributed by atoms with van der Waals surface area (Å²) >= 11 is 1.17. The molecule has 2 aromatic carbocycles. The van der Waals surface area contributed by atoms with Crippen LogP contribution in [0.15, 0.2) is 52.9 Å². The van der Waals surface area contributed by atoms with Gasteiger partial charge in [-0.3, -0.25) is 9.52 Å². The van der Waals surface area contributed by atoms with Gasteiger partial charge < -0.3 is 4.90 Å². The second-order valence-corrected chi connectivity index (χ2v) is 9.02. The fourth-order valence-electron chi connectivity index (χ4n) is 3.18. The van der Waals surface area contributed by atoms with E-state index in [4.69, 9.17) is 0 Å². The number of hydrogen-bond donors (Lipinski definition) is 1. The van der Waals surface area contributed by atoms with Crippen LogP contribution >= 0.6 is 11.3 Å². The molecule has 0 unspecified atom stereocenters. The molecule has 1 N–H and O–H groups in total. The van der Waals surface area contributed by atoms with Gasteiger partial charge in [-0.05, 0) is 41.8 Å². The maximum absolute atomic E-state index is 13.8. The maximum Gasteiger partial charge on any atom is 0.263 e. The van der Waals surface area contributed by atoms with Gasteiger partial charge in [-0.2, -0.15) is 0 Å². The van der Waals surface area contributed by atoms with Crippen molar-refractivity contribution in [2.24, 2.45) is 0 Å². The Morgan fingerprint density at radius 3 is 2.76 bits per heavy atom. The number of amides is 1. The molecule has 1 amide bonds. The molecule has 1 aliphatic heterocycles. The number of nitrogens with zero attached hydrogens (tertiary/aromatic N) is 2. The van der Waals surface area contributed by atoms with Gasteiger partial charge in [0.25, 0.3) is 10.0 Å². The largest absolute Gasteiger partial charge is 0.312 e. The van der Waals surface area contributed by atoms with Gasteiger partial charge in [-0.15, -0.1) is 11.3 Å². The van der Waals surface area contributed by atoms with Gasteiger partial charge in [0.1, 0.15) is 11.6 Å². The summed E-state index contributed by atoms with van der Waals surface area (Å²) in [6.07, 6.45) is 1.77. The number of anilines is 2. The van der Waals surface area contributed by atoms with Crippen LogP contribution in [0.3, 0.4) is 0 Å². The monoisotopic (exact) mass is 435 g/mol. The van der Waals surface area contributed by atoms with Crippen molar-refractivity contribution in [2.75, 3.05) is 16.2 Å². The van der Waals surface area contributed by atoms with E-state index in [1.807, 2.05) is 0 Å². The molecular weight excluding hydrogens is 420 g/mol. The number of nitrogens with one attached hydrogen (secondary N) is 1. The summed E-state index contributed by atoms with van der Waals surface area (Å²) in [4.78, 5) is 18.1. The third-order valence-electron chi connectivity index (χ3n) is 4.57. The first kappa shape index (κ1) is 19.5. The van der Waals surface area contributed by atoms with Crippen LogP contribution in [-0.4, -0.2) is 25.9 Å². The molecular formula is C19H15F2N3O3S2. The van der Waals surface area contributed by atoms with Gasteiger partial charge in [0, 0.05) is 29.9 Å². The SMILES string of the molecule is O=C(Cc1ccc(F)cc1F)N1CCc2cc(S(=O)(=O)Nc3nccs3)ccc21. The van der Waals surface area contributed by atoms with Gasteiger partial charge in [-0.1, -0.05) is 6.07 Å². The summed E-state index contributed by atoms with van der Waals surface area (Å²) in [6, 6.07) is 7.61. The molecule has 0 atom stereocenters. The number of sulfonamides is 1. The lowest BCUT2D eigenvalue weighted by molar-refractivity contribution is -0.117. The molecule has 4 rings (SSSR count). The van der Waals surface area contributed by atoms with Crippen molar-refractivity contribution in [3.63, 3.8) is 0 Å². The number of carbonyl (C=O) groups is 1. The normalized spacial score (nSPS) is 13.4. The summed E-state index contributed by atoms with van der Waals surface area (Å²) < 4.78 is 54.3. The molecule has 2 heterocycles. The number of thiazole rings is 1. The van der Waals surface area contributed by atoms with E-state index in [1.54, 1.807) is 11.4 Å². The minimum atomic E-state index is -3.79. The first-order valence-electron chi connectivity index (χ1n) is 8.63. The number of rotatable bonds is 5. The molecule has 0 bridgehead atoms. The van der Waals surface area contributed by atoms with E-state index in [2.05, 4.69) is 9.71 Å². The molecule has 29 heavy (non-hydrogen) atoms. The number of carbonyl (C=O) groups excluding carboxylic acids is 1. The lowest BCUT2D eigenvalue weighted by atomic mass is 10.1. The number of benzene rings is 2. The molecule has 1 aromatic heterocycles. The van der Waals surface area contributed by atoms with Crippen LogP contribution in [0.25, 0.3) is 0 Å². The zero-order valence-electron chi connectivity index (χ0n) is 14.9. The molecule has 0 fully saturated rings. The Morgan fingerprint density at radius 2 is 2.03 bits per heavy atom. The number of halogens is 2. The van der Waals surface area contributed by atoms with E-state index in [9.17, 15) is 22.0 Å². The second-order valence-electron chi connectivity index (χ2n) is 6.44. The lowest BCUT2D eigenvalue weighted by Gasteiger charge is -2.18. The van der Waals surface area contributed by atoms with Crippen molar-refractivity contribution in [2.45, 2.75) is 17.7 Å². The van der Waals surface area contributed by atoms with E-state index in [0.29, 0.717) is 24.2 Å². The van der Waals surface area contributed by atoms with Gasteiger partial charge in [-0.25, -0.2) is 22.2 Å². The van der Waals surface area contributed by atoms with Crippen LogP contribution in [0, 0.1) is 11.6 Å². The van der Waals surface area contributed by atoms with Crippen molar-refractivity contribution in [3.05, 3.63) is 70.7 Å². The Balaban J connectivity index is 1.54. The van der Waals surface area contributed by atoms with Gasteiger partial charge in [0.05, 0.1) is 11.3 Å². The number of hydrogen-bond acceptors (Lipinski definition) is 5. The highest BCUT2D eigenvalue weighted by atomic mass is 32.2. The minimum Gasteiger partial charge on any atom is -0.312 e. The Labute approximate surface area is 169 Å². The van der Waals surface area contributed by atoms with Crippen LogP contribution in [0.5, 0.6) is 0 Å². The van der Waals surface area contributed by atoms with Crippen molar-refractivity contribution >= 4 is 38.1 Å². The molecule has 6 nitrogen and oxygen atoms in total. The third-order valence-corrected chi connectivity index (χ3v) is 6.72. The zero-order valence-corrected chi connectivity index (χ0v) is 16.6. The number of aromatic nitrogens is 1. The number of fused-ring (bicyclic) bond motifs is 1. The predicted octanol–water partition coefficient (Wildman–Crippen LogP) is 3.35. The molecule has 0 radical (unpaired) electrons. The highest BCUT2D eigenvalue weighted by molar-refractivity contribution is 7.93. The van der Waals surface area contributed by atoms with Gasteiger partial charge >= 0.3 is 0 Å². The van der Waals surface area contributed by atoms with E-state index < -0.39 is 21.7 Å². The molecule has 1 aliphatic rings. The van der Waals surface area contributed by atoms with Crippen LogP contribution in [0.2, 0.25) is 0 Å². The zero-order chi connectivity index (χ0) is 20.6. The first-order valence-corrected chi connectivity index (χ1v) is 11.0. The van der Waals surface area contributed by atoms with E-state index in [-0.39, 0.29) is 27.9 Å². The summed E-state index contributed by atoms with van der Waals surface area (Å²) in [5, 5.41) is 1.93. The topological polar surface area (TPSA) is 79.4 Å². The molecule has 0 saturated heterocycles. The average Bonchev–Trinajstić information content (AvgIpc) is 3.32. The van der Waals surface area contributed by atoms with Crippen molar-refractivity contribution < 1.29 is 22.0 Å². The first-order chi connectivity index (χ1) is 13.8. The van der Waals surface area contributed by atoms with Crippen LogP contribution in [0.4, 0.5) is 19.6 Å². The molecule has 10 heteroatoms. The standard InChI is InChI=1S/C19H15F2N3O3S2/c20-14-2-1-12(16(21)11-14)10-18(25)24-7-5-13-9-15(3-4-17(13)24)29(26,27)23-19-22-6-8-28-19/h1-4,6,8-9,11H,5,7,10H2,(H,22,23). The summed E-state index contributed by atoms with van der Waals surface area (Å²) in [6.45, 7) is 0.361. The molecule has 3 aromatic rings. The Morgan fingerprint density at radius 1 is 1.21 bits per heavy atom. The van der Waals surface area contributed by atoms with Crippen LogP contribution in [-0.2, 0) is 27.7 Å². The molecule has 0 saturated carbocycles. The van der Waals surface area contributed by atoms with Gasteiger partial charge in [0.2, 0.25) is 5.91 Å². The van der Waals surface area contributed by atoms with Crippen molar-refractivity contribution in [1.29, 1.82) is 0 Å². The Kier molecular flexibility index (Phi) is 5.05. The van der Waals surface area contributed by atoms with E-state index in [1.165, 1.54) is 40.6 Å². The summed E-state index contributed by atoms with van der Waals surface area (Å²) in [5.41, 5.74) is 1.40. The smallest absolute Gasteiger partial charge is 0.263 e. The quantitative estimate of drug-likeness (QED) is 0.667. The summed E-state index contributed by atoms with van der Waals surface area (Å²) in [7, 11) is -3.79. The molecule has 150 valence electrons. The fourth-order valence-corrected chi connectivity index (χ4v) is 5.01. The van der Waals surface area contributed by atoms with Crippen molar-refractivity contribution in [3.8, 4) is 0 Å². The summed E-state index contributed by atoms with van der Waals surface area (Å²) in [5.74, 6) is -1.82. The lowest BCUT2D eigenvalue weighted by Crippen LogP contribution is -2.30. The van der Waals surface area contributed by atoms with E-state index >= 15 is 0 Å². The van der Waals surface area contributed by atoms with Crippen LogP contribution < -0.4 is 9.62 Å². The fraction of sp³-hybridized carbons (Fsp3) is 0.158. The minimum absolute atomic E-state index is 0.0744. The third kappa shape index (κ3) is 3.99. The van der Waals surface area contributed by atoms with Crippen molar-refractivity contribution in [1.82, 2.24) is 4.98 Å².